The third kappa shape index (κ3) is 5.54. The van der Waals surface area contributed by atoms with E-state index in [2.05, 4.69) is 243 Å². The average molecular weight is 785 g/mol. The fourth-order valence-electron chi connectivity index (χ4n) is 10.4. The fourth-order valence-corrected chi connectivity index (χ4v) is 10.4. The highest BCUT2D eigenvalue weighted by Crippen LogP contribution is 2.65. The van der Waals surface area contributed by atoms with Gasteiger partial charge in [-0.1, -0.05) is 243 Å². The van der Waals surface area contributed by atoms with Gasteiger partial charge in [0.2, 0.25) is 0 Å². The molecule has 0 bridgehead atoms. The van der Waals surface area contributed by atoms with Crippen molar-refractivity contribution in [1.82, 2.24) is 0 Å². The molecule has 62 heavy (non-hydrogen) atoms. The summed E-state index contributed by atoms with van der Waals surface area (Å²) < 4.78 is 0. The van der Waals surface area contributed by atoms with Gasteiger partial charge in [-0.2, -0.15) is 0 Å². The Bertz CT molecular complexity index is 3180. The van der Waals surface area contributed by atoms with Crippen molar-refractivity contribution in [1.29, 1.82) is 0 Å². The molecule has 0 saturated carbocycles. The monoisotopic (exact) mass is 784 g/mol. The molecule has 0 nitrogen and oxygen atoms in total. The van der Waals surface area contributed by atoms with Crippen molar-refractivity contribution in [3.63, 3.8) is 0 Å². The number of fused-ring (bicyclic) bond motifs is 4. The normalized spacial score (nSPS) is 11.5. The Hall–Kier alpha value is -8.06. The van der Waals surface area contributed by atoms with Crippen molar-refractivity contribution in [3.8, 4) is 111 Å². The molecule has 0 heterocycles. The Morgan fingerprint density at radius 2 is 0.258 bits per heavy atom. The Kier molecular flexibility index (Phi) is 8.61. The molecule has 8 aromatic rings. The molecule has 0 aliphatic heterocycles. The largest absolute Gasteiger partial charge is 0.0622 e. The maximum atomic E-state index is 2.32. The van der Waals surface area contributed by atoms with Gasteiger partial charge in [-0.15, -0.1) is 0 Å². The zero-order valence-corrected chi connectivity index (χ0v) is 34.1. The van der Waals surface area contributed by atoms with Gasteiger partial charge in [0.15, 0.2) is 0 Å². The highest BCUT2D eigenvalue weighted by Gasteiger charge is 2.40. The van der Waals surface area contributed by atoms with Crippen LogP contribution in [0.5, 0.6) is 0 Å². The van der Waals surface area contributed by atoms with Gasteiger partial charge in [-0.25, -0.2) is 0 Å². The molecule has 8 aromatic carbocycles. The minimum absolute atomic E-state index is 1.21. The van der Waals surface area contributed by atoms with Gasteiger partial charge in [0.05, 0.1) is 0 Å². The van der Waals surface area contributed by atoms with Crippen molar-refractivity contribution >= 4 is 0 Å². The Morgan fingerprint density at radius 1 is 0.113 bits per heavy atom. The van der Waals surface area contributed by atoms with Crippen molar-refractivity contribution in [2.45, 2.75) is 0 Å². The fraction of sp³-hybridized carbons (Fsp3) is 0. The van der Waals surface area contributed by atoms with Crippen LogP contribution in [0.2, 0.25) is 0 Å². The van der Waals surface area contributed by atoms with Gasteiger partial charge in [-0.3, -0.25) is 0 Å². The van der Waals surface area contributed by atoms with Crippen LogP contribution in [0.1, 0.15) is 0 Å². The highest BCUT2D eigenvalue weighted by atomic mass is 14.4. The van der Waals surface area contributed by atoms with E-state index in [4.69, 9.17) is 0 Å². The molecular formula is C62H40. The predicted octanol–water partition coefficient (Wildman–Crippen LogP) is 16.8. The van der Waals surface area contributed by atoms with Crippen molar-refractivity contribution in [3.05, 3.63) is 253 Å². The number of benzene rings is 8. The first kappa shape index (κ1) is 35.8. The van der Waals surface area contributed by atoms with Crippen molar-refractivity contribution in [2.24, 2.45) is 0 Å². The summed E-state index contributed by atoms with van der Waals surface area (Å²) in [4.78, 5) is 0. The lowest BCUT2D eigenvalue weighted by Gasteiger charge is -2.13. The molecule has 0 amide bonds. The van der Waals surface area contributed by atoms with Crippen LogP contribution < -0.4 is 0 Å². The Labute approximate surface area is 362 Å². The maximum Gasteiger partial charge on any atom is -0.0000468 e. The zero-order chi connectivity index (χ0) is 41.0. The third-order valence-corrected chi connectivity index (χ3v) is 12.7. The van der Waals surface area contributed by atoms with Gasteiger partial charge < -0.3 is 0 Å². The second kappa shape index (κ2) is 14.9. The number of hydrogen-bond acceptors (Lipinski definition) is 0. The van der Waals surface area contributed by atoms with Gasteiger partial charge in [-0.05, 0) is 122 Å². The van der Waals surface area contributed by atoms with Crippen LogP contribution in [0.3, 0.4) is 0 Å². The van der Waals surface area contributed by atoms with Gasteiger partial charge in [0.1, 0.15) is 0 Å². The van der Waals surface area contributed by atoms with Crippen molar-refractivity contribution in [2.75, 3.05) is 0 Å². The maximum absolute atomic E-state index is 2.32. The summed E-state index contributed by atoms with van der Waals surface area (Å²) >= 11 is 0. The number of hydrogen-bond donors (Lipinski definition) is 0. The Morgan fingerprint density at radius 3 is 0.452 bits per heavy atom. The molecule has 0 aromatic heterocycles. The first-order chi connectivity index (χ1) is 30.9. The molecule has 4 aliphatic carbocycles. The quantitative estimate of drug-likeness (QED) is 0.144. The summed E-state index contributed by atoms with van der Waals surface area (Å²) in [5.74, 6) is 0. The molecule has 12 rings (SSSR count). The van der Waals surface area contributed by atoms with Gasteiger partial charge in [0.25, 0.3) is 0 Å². The summed E-state index contributed by atoms with van der Waals surface area (Å²) in [5.41, 5.74) is 25.1. The zero-order valence-electron chi connectivity index (χ0n) is 34.1. The lowest BCUT2D eigenvalue weighted by molar-refractivity contribution is 1.58. The molecule has 0 atom stereocenters. The average Bonchev–Trinajstić information content (AvgIpc) is 4.08. The SMILES string of the molecule is c1ccc(-c2c(-c3ccccc3)c(-c3ccccc3)c3c4c(-c5ccccc5)c5c(-c6ccccc6)c(-c6ccccc6)c(-c6ccccc6)c-5c=4c(-c4ccccc4)c2-3)cc1. The van der Waals surface area contributed by atoms with E-state index < -0.39 is 0 Å². The molecule has 0 heteroatoms. The topological polar surface area (TPSA) is 0 Å². The van der Waals surface area contributed by atoms with Crippen LogP contribution in [0.15, 0.2) is 243 Å². The van der Waals surface area contributed by atoms with E-state index in [0.717, 1.165) is 0 Å². The van der Waals surface area contributed by atoms with Crippen LogP contribution in [-0.2, 0) is 0 Å². The molecule has 0 spiro atoms. The highest BCUT2D eigenvalue weighted by molar-refractivity contribution is 6.22. The van der Waals surface area contributed by atoms with Crippen LogP contribution in [0, 0.1) is 10.4 Å². The lowest BCUT2D eigenvalue weighted by Crippen LogP contribution is -1.87. The molecule has 0 fully saturated rings. The van der Waals surface area contributed by atoms with Crippen LogP contribution >= 0.6 is 0 Å². The van der Waals surface area contributed by atoms with Crippen molar-refractivity contribution < 1.29 is 0 Å². The van der Waals surface area contributed by atoms with E-state index >= 15 is 0 Å². The summed E-state index contributed by atoms with van der Waals surface area (Å²) in [6.45, 7) is 0. The second-order valence-electron chi connectivity index (χ2n) is 16.2. The van der Waals surface area contributed by atoms with Crippen LogP contribution in [0.25, 0.3) is 111 Å². The van der Waals surface area contributed by atoms with E-state index in [1.54, 1.807) is 0 Å². The molecule has 0 radical (unpaired) electrons. The van der Waals surface area contributed by atoms with Gasteiger partial charge >= 0.3 is 0 Å². The lowest BCUT2D eigenvalue weighted by atomic mass is 9.89. The summed E-state index contributed by atoms with van der Waals surface area (Å²) in [6.07, 6.45) is 0. The molecule has 0 saturated heterocycles. The Balaban J connectivity index is 1.44. The molecule has 288 valence electrons. The van der Waals surface area contributed by atoms with E-state index in [9.17, 15) is 0 Å². The first-order valence-electron chi connectivity index (χ1n) is 21.5. The van der Waals surface area contributed by atoms with Gasteiger partial charge in [0, 0.05) is 0 Å². The summed E-state index contributed by atoms with van der Waals surface area (Å²) in [5, 5.41) is 2.62. The third-order valence-electron chi connectivity index (χ3n) is 12.7. The predicted molar refractivity (Wildman–Crippen MR) is 261 cm³/mol. The first-order valence-corrected chi connectivity index (χ1v) is 21.5. The summed E-state index contributed by atoms with van der Waals surface area (Å²) in [7, 11) is 0. The summed E-state index contributed by atoms with van der Waals surface area (Å²) in [6, 6.07) is 89.0. The minimum Gasteiger partial charge on any atom is -0.0622 e. The van der Waals surface area contributed by atoms with E-state index in [0.29, 0.717) is 0 Å². The second-order valence-corrected chi connectivity index (χ2v) is 16.2. The van der Waals surface area contributed by atoms with E-state index in [-0.39, 0.29) is 0 Å². The standard InChI is InChI=1S/C62H40/c1-9-25-41(26-10-1)49-51(43-29-13-3-14-30-43)57-55(47-37-21-7-22-38-47)62-60-54(46-35-19-6-20-36-46)50(42-27-11-2-12-28-42)52(44-31-15-4-16-32-44)58(60)56(48-39-23-8-24-40-48)61(62)59(57)53(49)45-33-17-5-18-34-45/h1-40H. The van der Waals surface area contributed by atoms with Crippen LogP contribution in [-0.4, -0.2) is 0 Å². The molecular weight excluding hydrogens is 745 g/mol. The van der Waals surface area contributed by atoms with E-state index in [1.807, 2.05) is 0 Å². The molecule has 4 aliphatic rings. The smallest absolute Gasteiger partial charge is 0.0000468 e. The minimum atomic E-state index is 1.21. The molecule has 0 unspecified atom stereocenters. The number of rotatable bonds is 8. The van der Waals surface area contributed by atoms with Crippen LogP contribution in [0.4, 0.5) is 0 Å². The molecule has 0 N–H and O–H groups in total. The van der Waals surface area contributed by atoms with E-state index in [1.165, 1.54) is 122 Å².